The summed E-state index contributed by atoms with van der Waals surface area (Å²) in [5.41, 5.74) is 1.58. The lowest BCUT2D eigenvalue weighted by Crippen LogP contribution is -2.28. The van der Waals surface area contributed by atoms with Gasteiger partial charge in [0, 0.05) is 5.56 Å². The molecule has 5 heteroatoms. The molecule has 1 nitrogen and oxygen atoms in total. The van der Waals surface area contributed by atoms with Crippen LogP contribution in [0.1, 0.15) is 11.1 Å². The molecular formula is C15H13ClF3N. The SMILES string of the molecule is C=C1C(Cl)=CC=C(c2ccc(C)cc2F)N1CC(F)F. The number of halogens is 4. The summed E-state index contributed by atoms with van der Waals surface area (Å²) in [5, 5.41) is 0.266. The van der Waals surface area contributed by atoms with E-state index in [1.54, 1.807) is 19.1 Å². The fourth-order valence-corrected chi connectivity index (χ4v) is 2.19. The average molecular weight is 300 g/mol. The Labute approximate surface area is 120 Å². The lowest BCUT2D eigenvalue weighted by atomic mass is 10.0. The van der Waals surface area contributed by atoms with Crippen molar-refractivity contribution >= 4 is 17.3 Å². The number of aryl methyl sites for hydroxylation is 1. The van der Waals surface area contributed by atoms with Crippen LogP contribution in [0.2, 0.25) is 0 Å². The van der Waals surface area contributed by atoms with E-state index >= 15 is 0 Å². The van der Waals surface area contributed by atoms with Crippen LogP contribution in [0.25, 0.3) is 5.70 Å². The molecule has 1 aliphatic rings. The molecule has 106 valence electrons. The molecule has 0 N–H and O–H groups in total. The molecule has 1 aliphatic heterocycles. The van der Waals surface area contributed by atoms with Crippen molar-refractivity contribution in [3.8, 4) is 0 Å². The molecule has 0 fully saturated rings. The third-order valence-corrected chi connectivity index (χ3v) is 3.35. The highest BCUT2D eigenvalue weighted by atomic mass is 35.5. The van der Waals surface area contributed by atoms with Crippen molar-refractivity contribution in [2.75, 3.05) is 6.54 Å². The van der Waals surface area contributed by atoms with Crippen LogP contribution in [0.4, 0.5) is 13.2 Å². The molecule has 0 saturated carbocycles. The smallest absolute Gasteiger partial charge is 0.256 e. The van der Waals surface area contributed by atoms with Gasteiger partial charge in [0.2, 0.25) is 0 Å². The summed E-state index contributed by atoms with van der Waals surface area (Å²) in [6.45, 7) is 4.86. The van der Waals surface area contributed by atoms with E-state index in [4.69, 9.17) is 11.6 Å². The topological polar surface area (TPSA) is 3.24 Å². The first-order valence-corrected chi connectivity index (χ1v) is 6.37. The lowest BCUT2D eigenvalue weighted by Gasteiger charge is -2.31. The van der Waals surface area contributed by atoms with Gasteiger partial charge in [0.15, 0.2) is 0 Å². The molecule has 0 aromatic heterocycles. The van der Waals surface area contributed by atoms with E-state index in [0.29, 0.717) is 5.70 Å². The van der Waals surface area contributed by atoms with Crippen molar-refractivity contribution in [3.63, 3.8) is 0 Å². The maximum atomic E-state index is 14.0. The summed E-state index contributed by atoms with van der Waals surface area (Å²) in [5.74, 6) is -0.463. The van der Waals surface area contributed by atoms with E-state index in [0.717, 1.165) is 5.56 Å². The highest BCUT2D eigenvalue weighted by Gasteiger charge is 2.24. The van der Waals surface area contributed by atoms with Gasteiger partial charge in [-0.05, 0) is 36.8 Å². The van der Waals surface area contributed by atoms with Crippen LogP contribution in [-0.4, -0.2) is 17.9 Å². The van der Waals surface area contributed by atoms with Crippen molar-refractivity contribution < 1.29 is 13.2 Å². The number of hydrogen-bond acceptors (Lipinski definition) is 1. The number of alkyl halides is 2. The summed E-state index contributed by atoms with van der Waals surface area (Å²) < 4.78 is 39.4. The van der Waals surface area contributed by atoms with E-state index in [1.165, 1.54) is 23.1 Å². The van der Waals surface area contributed by atoms with E-state index in [2.05, 4.69) is 6.58 Å². The molecule has 1 aromatic rings. The Kier molecular flexibility index (Phi) is 4.23. The summed E-state index contributed by atoms with van der Waals surface area (Å²) in [4.78, 5) is 1.24. The van der Waals surface area contributed by atoms with Crippen LogP contribution < -0.4 is 0 Å². The molecule has 0 spiro atoms. The molecule has 0 unspecified atom stereocenters. The Morgan fingerprint density at radius 1 is 1.30 bits per heavy atom. The molecule has 0 radical (unpaired) electrons. The monoisotopic (exact) mass is 299 g/mol. The van der Waals surface area contributed by atoms with E-state index < -0.39 is 18.8 Å². The van der Waals surface area contributed by atoms with Crippen LogP contribution in [0.3, 0.4) is 0 Å². The van der Waals surface area contributed by atoms with Gasteiger partial charge in [0.1, 0.15) is 5.82 Å². The van der Waals surface area contributed by atoms with Crippen molar-refractivity contribution in [2.45, 2.75) is 13.3 Å². The Hall–Kier alpha value is -1.68. The van der Waals surface area contributed by atoms with Crippen LogP contribution in [0.5, 0.6) is 0 Å². The molecule has 2 rings (SSSR count). The maximum absolute atomic E-state index is 14.0. The third kappa shape index (κ3) is 2.90. The minimum atomic E-state index is -2.58. The average Bonchev–Trinajstić information content (AvgIpc) is 2.36. The molecular weight excluding hydrogens is 287 g/mol. The zero-order chi connectivity index (χ0) is 14.9. The van der Waals surface area contributed by atoms with Gasteiger partial charge < -0.3 is 4.90 Å². The Morgan fingerprint density at radius 2 is 2.00 bits per heavy atom. The minimum absolute atomic E-state index is 0.240. The van der Waals surface area contributed by atoms with Gasteiger partial charge in [-0.2, -0.15) is 0 Å². The second kappa shape index (κ2) is 5.75. The van der Waals surface area contributed by atoms with Gasteiger partial charge in [0.05, 0.1) is 23.0 Å². The third-order valence-electron chi connectivity index (χ3n) is 3.00. The first-order valence-electron chi connectivity index (χ1n) is 5.99. The fourth-order valence-electron chi connectivity index (χ4n) is 2.02. The van der Waals surface area contributed by atoms with Crippen molar-refractivity contribution in [1.29, 1.82) is 0 Å². The van der Waals surface area contributed by atoms with Gasteiger partial charge in [-0.25, -0.2) is 13.2 Å². The molecule has 0 atom stereocenters. The molecule has 0 aliphatic carbocycles. The maximum Gasteiger partial charge on any atom is 0.256 e. The number of hydrogen-bond donors (Lipinski definition) is 0. The Bertz CT molecular complexity index is 605. The number of rotatable bonds is 3. The minimum Gasteiger partial charge on any atom is -0.334 e. The highest BCUT2D eigenvalue weighted by Crippen LogP contribution is 2.34. The summed E-state index contributed by atoms with van der Waals surface area (Å²) in [7, 11) is 0. The molecule has 0 bridgehead atoms. The second-order valence-electron chi connectivity index (χ2n) is 4.50. The van der Waals surface area contributed by atoms with Crippen LogP contribution in [-0.2, 0) is 0 Å². The molecule has 20 heavy (non-hydrogen) atoms. The fraction of sp³-hybridized carbons (Fsp3) is 0.200. The van der Waals surface area contributed by atoms with Gasteiger partial charge in [-0.15, -0.1) is 0 Å². The predicted octanol–water partition coefficient (Wildman–Crippen LogP) is 4.69. The van der Waals surface area contributed by atoms with E-state index in [9.17, 15) is 13.2 Å². The molecule has 0 saturated heterocycles. The number of allylic oxidation sites excluding steroid dienone is 3. The largest absolute Gasteiger partial charge is 0.334 e. The van der Waals surface area contributed by atoms with Crippen molar-refractivity contribution in [1.82, 2.24) is 4.90 Å². The molecule has 1 heterocycles. The number of nitrogens with zero attached hydrogens (tertiary/aromatic N) is 1. The summed E-state index contributed by atoms with van der Waals surface area (Å²) in [6, 6.07) is 4.65. The van der Waals surface area contributed by atoms with Gasteiger partial charge in [0.25, 0.3) is 6.43 Å². The predicted molar refractivity (Wildman–Crippen MR) is 74.9 cm³/mol. The highest BCUT2D eigenvalue weighted by molar-refractivity contribution is 6.32. The quantitative estimate of drug-likeness (QED) is 0.782. The van der Waals surface area contributed by atoms with Crippen molar-refractivity contribution in [2.24, 2.45) is 0 Å². The standard InChI is InChI=1S/C15H13ClF3N/c1-9-3-4-11(13(17)7-9)14-6-5-12(16)10(2)20(14)8-15(18)19/h3-7,15H,2,8H2,1H3. The van der Waals surface area contributed by atoms with E-state index in [1.807, 2.05) is 0 Å². The second-order valence-corrected chi connectivity index (χ2v) is 4.91. The first-order chi connectivity index (χ1) is 9.40. The Morgan fingerprint density at radius 3 is 2.60 bits per heavy atom. The van der Waals surface area contributed by atoms with Crippen LogP contribution >= 0.6 is 11.6 Å². The van der Waals surface area contributed by atoms with Crippen LogP contribution in [0.15, 0.2) is 47.7 Å². The van der Waals surface area contributed by atoms with Crippen molar-refractivity contribution in [3.05, 3.63) is 64.6 Å². The van der Waals surface area contributed by atoms with E-state index in [-0.39, 0.29) is 16.3 Å². The zero-order valence-electron chi connectivity index (χ0n) is 10.8. The summed E-state index contributed by atoms with van der Waals surface area (Å²) >= 11 is 5.90. The molecule has 0 amide bonds. The summed E-state index contributed by atoms with van der Waals surface area (Å²) in [6.07, 6.45) is 0.472. The van der Waals surface area contributed by atoms with Crippen LogP contribution in [0, 0.1) is 12.7 Å². The molecule has 1 aromatic carbocycles. The Balaban J connectivity index is 2.48. The van der Waals surface area contributed by atoms with Gasteiger partial charge in [-0.3, -0.25) is 0 Å². The number of benzene rings is 1. The normalized spacial score (nSPS) is 15.5. The lowest BCUT2D eigenvalue weighted by molar-refractivity contribution is 0.123. The van der Waals surface area contributed by atoms with Gasteiger partial charge in [-0.1, -0.05) is 24.2 Å². The zero-order valence-corrected chi connectivity index (χ0v) is 11.6. The van der Waals surface area contributed by atoms with Gasteiger partial charge >= 0.3 is 0 Å². The first kappa shape index (κ1) is 14.7.